The van der Waals surface area contributed by atoms with Crippen LogP contribution in [0.1, 0.15) is 35.8 Å². The van der Waals surface area contributed by atoms with Gasteiger partial charge in [0.15, 0.2) is 23.1 Å². The SMILES string of the molecule is CCOc1cc([N+](=O)[O-])c(C(=O)NC(C)c2ccc(F)c(F)c2)cc1OC. The van der Waals surface area contributed by atoms with Crippen molar-refractivity contribution >= 4 is 11.6 Å². The molecule has 1 unspecified atom stereocenters. The van der Waals surface area contributed by atoms with Crippen molar-refractivity contribution in [2.75, 3.05) is 13.7 Å². The van der Waals surface area contributed by atoms with Crippen molar-refractivity contribution in [1.29, 1.82) is 0 Å². The lowest BCUT2D eigenvalue weighted by molar-refractivity contribution is -0.385. The van der Waals surface area contributed by atoms with E-state index in [0.29, 0.717) is 5.56 Å². The molecule has 0 saturated carbocycles. The monoisotopic (exact) mass is 380 g/mol. The van der Waals surface area contributed by atoms with Gasteiger partial charge in [0.1, 0.15) is 5.56 Å². The van der Waals surface area contributed by atoms with Crippen LogP contribution in [0.5, 0.6) is 11.5 Å². The van der Waals surface area contributed by atoms with Gasteiger partial charge in [-0.15, -0.1) is 0 Å². The predicted molar refractivity (Wildman–Crippen MR) is 93.1 cm³/mol. The minimum Gasteiger partial charge on any atom is -0.493 e. The number of rotatable bonds is 7. The number of benzene rings is 2. The third-order valence-electron chi connectivity index (χ3n) is 3.81. The molecule has 0 saturated heterocycles. The molecule has 1 atom stereocenters. The molecule has 0 aliphatic heterocycles. The van der Waals surface area contributed by atoms with E-state index in [1.807, 2.05) is 0 Å². The molecule has 2 rings (SSSR count). The van der Waals surface area contributed by atoms with Crippen LogP contribution in [0.25, 0.3) is 0 Å². The fourth-order valence-electron chi connectivity index (χ4n) is 2.45. The molecule has 0 spiro atoms. The molecule has 144 valence electrons. The van der Waals surface area contributed by atoms with Crippen LogP contribution in [-0.2, 0) is 0 Å². The van der Waals surface area contributed by atoms with Gasteiger partial charge in [0.2, 0.25) is 0 Å². The van der Waals surface area contributed by atoms with Gasteiger partial charge in [0.25, 0.3) is 11.6 Å². The largest absolute Gasteiger partial charge is 0.493 e. The number of ether oxygens (including phenoxy) is 2. The zero-order valence-corrected chi connectivity index (χ0v) is 14.9. The van der Waals surface area contributed by atoms with Gasteiger partial charge in [0.05, 0.1) is 30.7 Å². The van der Waals surface area contributed by atoms with Gasteiger partial charge in [-0.1, -0.05) is 6.07 Å². The summed E-state index contributed by atoms with van der Waals surface area (Å²) in [6, 6.07) is 4.81. The molecule has 27 heavy (non-hydrogen) atoms. The van der Waals surface area contributed by atoms with Gasteiger partial charge < -0.3 is 14.8 Å². The van der Waals surface area contributed by atoms with Crippen LogP contribution in [0.3, 0.4) is 0 Å². The lowest BCUT2D eigenvalue weighted by Gasteiger charge is -2.16. The minimum absolute atomic E-state index is 0.136. The standard InChI is InChI=1S/C18H18F2N2O5/c1-4-27-17-9-15(22(24)25)12(8-16(17)26-3)18(23)21-10(2)11-5-6-13(19)14(20)7-11/h5-10H,4H2,1-3H3,(H,21,23). The van der Waals surface area contributed by atoms with Crippen molar-refractivity contribution in [3.05, 3.63) is 63.2 Å². The summed E-state index contributed by atoms with van der Waals surface area (Å²) in [6.07, 6.45) is 0. The summed E-state index contributed by atoms with van der Waals surface area (Å²) < 4.78 is 36.8. The smallest absolute Gasteiger partial charge is 0.286 e. The van der Waals surface area contributed by atoms with E-state index < -0.39 is 34.2 Å². The Kier molecular flexibility index (Phi) is 6.27. The van der Waals surface area contributed by atoms with E-state index in [9.17, 15) is 23.7 Å². The second-order valence-electron chi connectivity index (χ2n) is 5.58. The summed E-state index contributed by atoms with van der Waals surface area (Å²) in [5, 5.41) is 13.9. The van der Waals surface area contributed by atoms with Crippen molar-refractivity contribution < 1.29 is 28.0 Å². The molecule has 9 heteroatoms. The average molecular weight is 380 g/mol. The molecule has 0 aromatic heterocycles. The molecular weight excluding hydrogens is 362 g/mol. The van der Waals surface area contributed by atoms with E-state index in [-0.39, 0.29) is 23.7 Å². The van der Waals surface area contributed by atoms with E-state index in [0.717, 1.165) is 18.2 Å². The number of carbonyl (C=O) groups excluding carboxylic acids is 1. The quantitative estimate of drug-likeness (QED) is 0.583. The molecule has 0 aliphatic rings. The highest BCUT2D eigenvalue weighted by Gasteiger charge is 2.26. The second-order valence-corrected chi connectivity index (χ2v) is 5.58. The van der Waals surface area contributed by atoms with Gasteiger partial charge in [-0.2, -0.15) is 0 Å². The van der Waals surface area contributed by atoms with Gasteiger partial charge in [-0.25, -0.2) is 8.78 Å². The summed E-state index contributed by atoms with van der Waals surface area (Å²) in [4.78, 5) is 23.2. The summed E-state index contributed by atoms with van der Waals surface area (Å²) in [5.41, 5.74) is -0.397. The van der Waals surface area contributed by atoms with Crippen molar-refractivity contribution in [1.82, 2.24) is 5.32 Å². The van der Waals surface area contributed by atoms with E-state index in [1.165, 1.54) is 19.2 Å². The third-order valence-corrected chi connectivity index (χ3v) is 3.81. The Morgan fingerprint density at radius 3 is 2.48 bits per heavy atom. The molecular formula is C18H18F2N2O5. The van der Waals surface area contributed by atoms with Gasteiger partial charge >= 0.3 is 0 Å². The molecule has 1 amide bonds. The number of hydrogen-bond acceptors (Lipinski definition) is 5. The first-order valence-corrected chi connectivity index (χ1v) is 8.03. The van der Waals surface area contributed by atoms with Crippen LogP contribution in [-0.4, -0.2) is 24.5 Å². The average Bonchev–Trinajstić information content (AvgIpc) is 2.63. The molecule has 1 N–H and O–H groups in total. The highest BCUT2D eigenvalue weighted by molar-refractivity contribution is 5.99. The fraction of sp³-hybridized carbons (Fsp3) is 0.278. The van der Waals surface area contributed by atoms with Crippen LogP contribution in [0, 0.1) is 21.7 Å². The maximum atomic E-state index is 13.4. The molecule has 0 bridgehead atoms. The summed E-state index contributed by atoms with van der Waals surface area (Å²) in [5.74, 6) is -2.53. The summed E-state index contributed by atoms with van der Waals surface area (Å²) in [6.45, 7) is 3.50. The maximum Gasteiger partial charge on any atom is 0.286 e. The maximum absolute atomic E-state index is 13.4. The van der Waals surface area contributed by atoms with Crippen LogP contribution in [0.2, 0.25) is 0 Å². The van der Waals surface area contributed by atoms with Crippen LogP contribution in [0.4, 0.5) is 14.5 Å². The molecule has 0 fully saturated rings. The van der Waals surface area contributed by atoms with E-state index in [4.69, 9.17) is 9.47 Å². The van der Waals surface area contributed by atoms with Gasteiger partial charge in [-0.3, -0.25) is 14.9 Å². The number of halogens is 2. The number of nitrogens with one attached hydrogen (secondary N) is 1. The first kappa shape index (κ1) is 20.1. The van der Waals surface area contributed by atoms with Crippen LogP contribution in [0.15, 0.2) is 30.3 Å². The molecule has 0 radical (unpaired) electrons. The van der Waals surface area contributed by atoms with Gasteiger partial charge in [0, 0.05) is 6.07 Å². The lowest BCUT2D eigenvalue weighted by Crippen LogP contribution is -2.27. The summed E-state index contributed by atoms with van der Waals surface area (Å²) in [7, 11) is 1.34. The van der Waals surface area contributed by atoms with Crippen molar-refractivity contribution in [2.45, 2.75) is 19.9 Å². The Balaban J connectivity index is 2.36. The number of methoxy groups -OCH3 is 1. The highest BCUT2D eigenvalue weighted by Crippen LogP contribution is 2.35. The Morgan fingerprint density at radius 2 is 1.93 bits per heavy atom. The van der Waals surface area contributed by atoms with E-state index >= 15 is 0 Å². The number of nitrogens with zero attached hydrogens (tertiary/aromatic N) is 1. The number of nitro benzene ring substituents is 1. The first-order chi connectivity index (χ1) is 12.8. The van der Waals surface area contributed by atoms with Crippen molar-refractivity contribution in [3.8, 4) is 11.5 Å². The fourth-order valence-corrected chi connectivity index (χ4v) is 2.45. The normalized spacial score (nSPS) is 11.6. The highest BCUT2D eigenvalue weighted by atomic mass is 19.2. The zero-order valence-electron chi connectivity index (χ0n) is 14.9. The second kappa shape index (κ2) is 8.43. The van der Waals surface area contributed by atoms with Gasteiger partial charge in [-0.05, 0) is 31.5 Å². The Labute approximate surface area is 154 Å². The predicted octanol–water partition coefficient (Wildman–Crippen LogP) is 3.77. The van der Waals surface area contributed by atoms with Crippen molar-refractivity contribution in [3.63, 3.8) is 0 Å². The molecule has 0 heterocycles. The minimum atomic E-state index is -1.05. The number of carbonyl (C=O) groups is 1. The van der Waals surface area contributed by atoms with Crippen molar-refractivity contribution in [2.24, 2.45) is 0 Å². The zero-order chi connectivity index (χ0) is 20.1. The number of nitro groups is 1. The Morgan fingerprint density at radius 1 is 1.22 bits per heavy atom. The van der Waals surface area contributed by atoms with E-state index in [2.05, 4.69) is 5.32 Å². The summed E-state index contributed by atoms with van der Waals surface area (Å²) >= 11 is 0. The first-order valence-electron chi connectivity index (χ1n) is 8.03. The topological polar surface area (TPSA) is 90.7 Å². The molecule has 7 nitrogen and oxygen atoms in total. The third kappa shape index (κ3) is 4.49. The number of amides is 1. The Bertz CT molecular complexity index is 873. The van der Waals surface area contributed by atoms with Crippen LogP contribution >= 0.6 is 0 Å². The van der Waals surface area contributed by atoms with E-state index in [1.54, 1.807) is 13.8 Å². The Hall–Kier alpha value is -3.23. The molecule has 0 aliphatic carbocycles. The number of hydrogen-bond donors (Lipinski definition) is 1. The lowest BCUT2D eigenvalue weighted by atomic mass is 10.1. The van der Waals surface area contributed by atoms with Crippen LogP contribution < -0.4 is 14.8 Å². The molecule has 2 aromatic rings. The molecule has 2 aromatic carbocycles.